The van der Waals surface area contributed by atoms with E-state index < -0.39 is 17.5 Å². The maximum absolute atomic E-state index is 12.7. The second kappa shape index (κ2) is 9.63. The Bertz CT molecular complexity index is 1230. The van der Waals surface area contributed by atoms with Gasteiger partial charge in [0.25, 0.3) is 0 Å². The molecule has 2 aliphatic heterocycles. The summed E-state index contributed by atoms with van der Waals surface area (Å²) in [5.74, 6) is -1.37. The van der Waals surface area contributed by atoms with Gasteiger partial charge in [-0.2, -0.15) is 0 Å². The van der Waals surface area contributed by atoms with E-state index >= 15 is 0 Å². The minimum absolute atomic E-state index is 0.0309. The van der Waals surface area contributed by atoms with Gasteiger partial charge in [0.15, 0.2) is 5.60 Å². The summed E-state index contributed by atoms with van der Waals surface area (Å²) >= 11 is 0. The number of carboxylic acids is 1. The van der Waals surface area contributed by atoms with Crippen LogP contribution in [-0.4, -0.2) is 53.6 Å². The highest BCUT2D eigenvalue weighted by Crippen LogP contribution is 2.57. The van der Waals surface area contributed by atoms with Crippen LogP contribution in [-0.2, 0) is 15.1 Å². The van der Waals surface area contributed by atoms with Gasteiger partial charge in [-0.3, -0.25) is 0 Å². The van der Waals surface area contributed by atoms with Gasteiger partial charge in [-0.05, 0) is 36.4 Å². The van der Waals surface area contributed by atoms with Crippen LogP contribution in [0.3, 0.4) is 0 Å². The van der Waals surface area contributed by atoms with Crippen molar-refractivity contribution in [3.8, 4) is 23.0 Å². The Labute approximate surface area is 200 Å². The Hall–Kier alpha value is -4.12. The van der Waals surface area contributed by atoms with E-state index in [-0.39, 0.29) is 34.1 Å². The second-order valence-corrected chi connectivity index (χ2v) is 7.79. The van der Waals surface area contributed by atoms with Gasteiger partial charge in [0, 0.05) is 41.9 Å². The van der Waals surface area contributed by atoms with Crippen LogP contribution < -0.4 is 16.2 Å². The molecule has 3 aromatic carbocycles. The molecule has 0 saturated carbocycles. The normalized spacial score (nSPS) is 14.1. The fourth-order valence-electron chi connectivity index (χ4n) is 4.11. The van der Waals surface area contributed by atoms with Gasteiger partial charge in [-0.15, -0.1) is 0 Å². The lowest BCUT2D eigenvalue weighted by Crippen LogP contribution is -2.32. The summed E-state index contributed by atoms with van der Waals surface area (Å²) in [5.41, 5.74) is 10.4. The molecular formula is C25H24N2O8. The molecule has 0 fully saturated rings. The Kier molecular flexibility index (Phi) is 6.61. The monoisotopic (exact) mass is 480 g/mol. The van der Waals surface area contributed by atoms with Gasteiger partial charge < -0.3 is 41.0 Å². The molecule has 182 valence electrons. The molecule has 10 heteroatoms. The number of phenols is 2. The van der Waals surface area contributed by atoms with E-state index in [2.05, 4.69) is 0 Å². The number of nitrogens with two attached hydrogens (primary N) is 2. The summed E-state index contributed by atoms with van der Waals surface area (Å²) in [7, 11) is 0. The van der Waals surface area contributed by atoms with E-state index in [1.807, 2.05) is 0 Å². The molecule has 0 aromatic heterocycles. The molecule has 1 spiro atoms. The Morgan fingerprint density at radius 3 is 1.91 bits per heavy atom. The fraction of sp³-hybridized carbons (Fsp3) is 0.200. The third-order valence-electron chi connectivity index (χ3n) is 5.54. The van der Waals surface area contributed by atoms with Crippen LogP contribution in [0.4, 0.5) is 0 Å². The molecule has 0 amide bonds. The lowest BCUT2D eigenvalue weighted by Gasteiger charge is -2.36. The van der Waals surface area contributed by atoms with Gasteiger partial charge >= 0.3 is 11.9 Å². The van der Waals surface area contributed by atoms with Crippen LogP contribution in [0.5, 0.6) is 23.0 Å². The molecule has 2 heterocycles. The number of fused-ring (bicyclic) bond motifs is 6. The molecule has 0 atom stereocenters. The molecule has 10 nitrogen and oxygen atoms in total. The number of esters is 1. The first-order chi connectivity index (χ1) is 16.8. The smallest absolute Gasteiger partial charge is 0.340 e. The largest absolute Gasteiger partial charge is 0.508 e. The van der Waals surface area contributed by atoms with E-state index in [9.17, 15) is 24.9 Å². The van der Waals surface area contributed by atoms with Crippen molar-refractivity contribution in [2.75, 3.05) is 26.3 Å². The second-order valence-electron chi connectivity index (χ2n) is 7.79. The van der Waals surface area contributed by atoms with Crippen LogP contribution in [0.1, 0.15) is 37.4 Å². The first-order valence-corrected chi connectivity index (χ1v) is 10.8. The predicted octanol–water partition coefficient (Wildman–Crippen LogP) is 2.28. The molecule has 3 aromatic rings. The summed E-state index contributed by atoms with van der Waals surface area (Å²) in [6, 6.07) is 13.1. The third kappa shape index (κ3) is 4.26. The van der Waals surface area contributed by atoms with Gasteiger partial charge in [-0.25, -0.2) is 9.59 Å². The van der Waals surface area contributed by atoms with Gasteiger partial charge in [-0.1, -0.05) is 6.07 Å². The van der Waals surface area contributed by atoms with Gasteiger partial charge in [0.2, 0.25) is 0 Å². The molecule has 7 N–H and O–H groups in total. The first-order valence-electron chi connectivity index (χ1n) is 10.8. The molecule has 0 saturated heterocycles. The van der Waals surface area contributed by atoms with Crippen LogP contribution in [0.2, 0.25) is 0 Å². The van der Waals surface area contributed by atoms with Crippen molar-refractivity contribution in [2.24, 2.45) is 11.5 Å². The summed E-state index contributed by atoms with van der Waals surface area (Å²) in [5, 5.41) is 29.0. The number of aromatic carboxylic acids is 1. The highest BCUT2D eigenvalue weighted by atomic mass is 16.6. The molecule has 35 heavy (non-hydrogen) atoms. The molecule has 5 rings (SSSR count). The molecule has 0 unspecified atom stereocenters. The van der Waals surface area contributed by atoms with Crippen molar-refractivity contribution in [1.82, 2.24) is 0 Å². The number of carbonyl (C=O) groups excluding carboxylic acids is 1. The summed E-state index contributed by atoms with van der Waals surface area (Å²) < 4.78 is 16.6. The number of hydrogen-bond donors (Lipinski definition) is 5. The quantitative estimate of drug-likeness (QED) is 0.269. The Morgan fingerprint density at radius 1 is 0.857 bits per heavy atom. The number of ether oxygens (including phenoxy) is 3. The van der Waals surface area contributed by atoms with Crippen molar-refractivity contribution in [3.05, 3.63) is 82.4 Å². The van der Waals surface area contributed by atoms with E-state index in [4.69, 9.17) is 25.7 Å². The molecule has 0 bridgehead atoms. The highest BCUT2D eigenvalue weighted by molar-refractivity contribution is 6.00. The highest BCUT2D eigenvalue weighted by Gasteiger charge is 2.53. The van der Waals surface area contributed by atoms with Crippen molar-refractivity contribution >= 4 is 11.9 Å². The number of carboxylic acid groups (broad SMARTS) is 1. The maximum Gasteiger partial charge on any atom is 0.340 e. The maximum atomic E-state index is 12.7. The van der Waals surface area contributed by atoms with E-state index in [1.54, 1.807) is 18.2 Å². The number of rotatable bonds is 5. The zero-order valence-corrected chi connectivity index (χ0v) is 18.6. The number of carbonyl (C=O) groups is 2. The fourth-order valence-corrected chi connectivity index (χ4v) is 4.11. The van der Waals surface area contributed by atoms with E-state index in [0.29, 0.717) is 43.0 Å². The Balaban J connectivity index is 0.000000364. The van der Waals surface area contributed by atoms with Gasteiger partial charge in [0.05, 0.1) is 24.3 Å². The SMILES string of the molecule is NCCOCCN.O=C(O)c1ccc2c(c1)C(=O)OC21c2ccc(O)cc2Oc2cc(O)ccc21. The Morgan fingerprint density at radius 2 is 1.40 bits per heavy atom. The summed E-state index contributed by atoms with van der Waals surface area (Å²) in [6.07, 6.45) is 0. The zero-order chi connectivity index (χ0) is 25.2. The van der Waals surface area contributed by atoms with E-state index in [1.165, 1.54) is 36.4 Å². The van der Waals surface area contributed by atoms with Crippen molar-refractivity contribution < 1.29 is 39.1 Å². The number of hydrogen-bond acceptors (Lipinski definition) is 9. The molecule has 0 radical (unpaired) electrons. The summed E-state index contributed by atoms with van der Waals surface area (Å²) in [4.78, 5) is 24.0. The molecule has 2 aliphatic rings. The minimum atomic E-state index is -1.38. The number of benzene rings is 3. The number of phenolic OH excluding ortho intramolecular Hbond substituents is 2. The third-order valence-corrected chi connectivity index (χ3v) is 5.54. The standard InChI is InChI=1S/C21H12O7.C4H12N2O/c22-11-2-5-15-17(8-11)27-18-9-12(23)3-6-16(18)21(15)14-4-1-10(19(24)25)7-13(14)20(26)28-21;5-1-3-7-4-2-6/h1-9,22-23H,(H,24,25);1-6H2. The van der Waals surface area contributed by atoms with Gasteiger partial charge in [0.1, 0.15) is 23.0 Å². The minimum Gasteiger partial charge on any atom is -0.508 e. The molecule has 0 aliphatic carbocycles. The van der Waals surface area contributed by atoms with Crippen molar-refractivity contribution in [3.63, 3.8) is 0 Å². The zero-order valence-electron chi connectivity index (χ0n) is 18.6. The lowest BCUT2D eigenvalue weighted by molar-refractivity contribution is 0.0224. The van der Waals surface area contributed by atoms with Crippen LogP contribution in [0.15, 0.2) is 54.6 Å². The van der Waals surface area contributed by atoms with Crippen LogP contribution in [0.25, 0.3) is 0 Å². The number of aromatic hydroxyl groups is 2. The first kappa shape index (κ1) is 24.0. The molecular weight excluding hydrogens is 456 g/mol. The van der Waals surface area contributed by atoms with Crippen LogP contribution >= 0.6 is 0 Å². The lowest BCUT2D eigenvalue weighted by atomic mass is 9.77. The van der Waals surface area contributed by atoms with Crippen LogP contribution in [0, 0.1) is 0 Å². The topological polar surface area (TPSA) is 175 Å². The van der Waals surface area contributed by atoms with E-state index in [0.717, 1.165) is 0 Å². The van der Waals surface area contributed by atoms with Crippen molar-refractivity contribution in [1.29, 1.82) is 0 Å². The predicted molar refractivity (Wildman–Crippen MR) is 124 cm³/mol. The van der Waals surface area contributed by atoms with Crippen molar-refractivity contribution in [2.45, 2.75) is 5.60 Å². The summed E-state index contributed by atoms with van der Waals surface area (Å²) in [6.45, 7) is 2.41. The average molecular weight is 480 g/mol. The average Bonchev–Trinajstić information content (AvgIpc) is 3.11.